The van der Waals surface area contributed by atoms with Gasteiger partial charge < -0.3 is 19.6 Å². The summed E-state index contributed by atoms with van der Waals surface area (Å²) in [5, 5.41) is 19.2. The van der Waals surface area contributed by atoms with Gasteiger partial charge in [0, 0.05) is 11.3 Å². The van der Waals surface area contributed by atoms with Crippen LogP contribution in [0, 0.1) is 17.8 Å². The Labute approximate surface area is 263 Å². The van der Waals surface area contributed by atoms with Crippen LogP contribution in [0.5, 0.6) is 0 Å². The van der Waals surface area contributed by atoms with Gasteiger partial charge in [-0.05, 0) is 57.1 Å². The van der Waals surface area contributed by atoms with Crippen LogP contribution in [-0.4, -0.2) is 89.0 Å². The minimum atomic E-state index is -0.863. The highest BCUT2D eigenvalue weighted by atomic mass is 32.2. The number of para-hydroxylation sites is 1. The Balaban J connectivity index is 1.52. The molecule has 1 aromatic heterocycles. The number of amides is 2. The van der Waals surface area contributed by atoms with E-state index < -0.39 is 33.4 Å². The summed E-state index contributed by atoms with van der Waals surface area (Å²) < 4.78 is 6.12. The predicted molar refractivity (Wildman–Crippen MR) is 170 cm³/mol. The van der Waals surface area contributed by atoms with Crippen molar-refractivity contribution in [1.82, 2.24) is 24.8 Å². The van der Waals surface area contributed by atoms with Gasteiger partial charge in [-0.15, -0.1) is 30.0 Å². The molecule has 0 saturated carbocycles. The molecule has 3 aliphatic heterocycles. The Bertz CT molecular complexity index is 1410. The first-order valence-corrected chi connectivity index (χ1v) is 16.6. The van der Waals surface area contributed by atoms with Crippen LogP contribution in [0.25, 0.3) is 11.0 Å². The van der Waals surface area contributed by atoms with Crippen LogP contribution in [0.4, 0.5) is 0 Å². The average Bonchev–Trinajstić information content (AvgIpc) is 3.72. The first-order valence-electron chi connectivity index (χ1n) is 15.8. The zero-order valence-corrected chi connectivity index (χ0v) is 26.9. The molecule has 0 aliphatic carbocycles. The standard InChI is InChI=1S/C33H45N5O5S/c1-6-9-10-13-19-43-31(42)27-26-29(40)38(25(20-39)22(4)8-3)28(33(26)17-16-32(27,5)44-33)30(41)36(18-7-2)21-37-24-15-12-11-14-23(24)34-35-37/h6-7,11-12,14-15,22,25-28,39H,1-2,8-10,13,16-21H2,3-5H3/t22-,25-,26-,27+,28?,32-,33?/m0/s1. The number of aromatic nitrogens is 3. The van der Waals surface area contributed by atoms with Crippen LogP contribution >= 0.6 is 11.8 Å². The van der Waals surface area contributed by atoms with Crippen molar-refractivity contribution in [2.45, 2.75) is 87.5 Å². The molecule has 1 spiro atoms. The maximum Gasteiger partial charge on any atom is 0.311 e. The van der Waals surface area contributed by atoms with Gasteiger partial charge in [-0.3, -0.25) is 14.4 Å². The molecular weight excluding hydrogens is 578 g/mol. The van der Waals surface area contributed by atoms with Crippen LogP contribution in [-0.2, 0) is 25.8 Å². The smallest absolute Gasteiger partial charge is 0.311 e. The highest BCUT2D eigenvalue weighted by Gasteiger charge is 2.78. The van der Waals surface area contributed by atoms with E-state index in [2.05, 4.69) is 23.5 Å². The molecule has 3 saturated heterocycles. The van der Waals surface area contributed by atoms with Gasteiger partial charge in [-0.2, -0.15) is 0 Å². The molecule has 11 heteroatoms. The molecular formula is C33H45N5O5S. The van der Waals surface area contributed by atoms with Crippen LogP contribution < -0.4 is 0 Å². The minimum absolute atomic E-state index is 0.0605. The number of aliphatic hydroxyl groups is 1. The zero-order chi connectivity index (χ0) is 31.6. The second kappa shape index (κ2) is 13.0. The molecule has 2 aromatic rings. The summed E-state index contributed by atoms with van der Waals surface area (Å²) in [6.07, 6.45) is 7.98. The average molecular weight is 624 g/mol. The lowest BCUT2D eigenvalue weighted by Gasteiger charge is -2.41. The third-order valence-corrected chi connectivity index (χ3v) is 12.0. The number of fused-ring (bicyclic) bond motifs is 2. The molecule has 2 unspecified atom stereocenters. The van der Waals surface area contributed by atoms with E-state index in [1.165, 1.54) is 0 Å². The number of benzene rings is 1. The van der Waals surface area contributed by atoms with Crippen LogP contribution in [0.3, 0.4) is 0 Å². The van der Waals surface area contributed by atoms with Gasteiger partial charge in [-0.25, -0.2) is 4.68 Å². The number of hydrogen-bond donors (Lipinski definition) is 1. The van der Waals surface area contributed by atoms with Gasteiger partial charge >= 0.3 is 5.97 Å². The number of nitrogens with zero attached hydrogens (tertiary/aromatic N) is 5. The monoisotopic (exact) mass is 623 g/mol. The van der Waals surface area contributed by atoms with Gasteiger partial charge in [0.2, 0.25) is 11.8 Å². The van der Waals surface area contributed by atoms with Crippen molar-refractivity contribution >= 4 is 40.6 Å². The quantitative estimate of drug-likeness (QED) is 0.178. The fourth-order valence-corrected chi connectivity index (χ4v) is 9.88. The van der Waals surface area contributed by atoms with E-state index in [1.807, 2.05) is 51.1 Å². The molecule has 44 heavy (non-hydrogen) atoms. The van der Waals surface area contributed by atoms with Gasteiger partial charge in [0.05, 0.1) is 41.4 Å². The number of carbonyl (C=O) groups is 3. The number of ether oxygens (including phenoxy) is 1. The van der Waals surface area contributed by atoms with E-state index in [0.717, 1.165) is 36.7 Å². The summed E-state index contributed by atoms with van der Waals surface area (Å²) >= 11 is 1.61. The Hall–Kier alpha value is -3.18. The van der Waals surface area contributed by atoms with Crippen LogP contribution in [0.1, 0.15) is 59.3 Å². The molecule has 1 aromatic carbocycles. The van der Waals surface area contributed by atoms with Crippen molar-refractivity contribution in [1.29, 1.82) is 0 Å². The van der Waals surface area contributed by atoms with Gasteiger partial charge in [0.15, 0.2) is 0 Å². The predicted octanol–water partition coefficient (Wildman–Crippen LogP) is 4.19. The molecule has 5 rings (SSSR count). The fourth-order valence-electron chi connectivity index (χ4n) is 7.56. The van der Waals surface area contributed by atoms with Crippen molar-refractivity contribution in [3.63, 3.8) is 0 Å². The topological polar surface area (TPSA) is 118 Å². The molecule has 4 heterocycles. The van der Waals surface area contributed by atoms with E-state index in [0.29, 0.717) is 12.8 Å². The summed E-state index contributed by atoms with van der Waals surface area (Å²) in [4.78, 5) is 46.5. The summed E-state index contributed by atoms with van der Waals surface area (Å²) in [5.41, 5.74) is 1.51. The van der Waals surface area contributed by atoms with E-state index in [9.17, 15) is 19.5 Å². The molecule has 10 nitrogen and oxygen atoms in total. The highest BCUT2D eigenvalue weighted by Crippen LogP contribution is 2.72. The first-order chi connectivity index (χ1) is 21.2. The number of rotatable bonds is 15. The summed E-state index contributed by atoms with van der Waals surface area (Å²) in [6, 6.07) is 6.12. The van der Waals surface area contributed by atoms with Crippen molar-refractivity contribution < 1.29 is 24.2 Å². The number of unbranched alkanes of at least 4 members (excludes halogenated alkanes) is 2. The third-order valence-electron chi connectivity index (χ3n) is 9.98. The van der Waals surface area contributed by atoms with Crippen molar-refractivity contribution in [2.75, 3.05) is 19.8 Å². The summed E-state index contributed by atoms with van der Waals surface area (Å²) in [6.45, 7) is 14.1. The third kappa shape index (κ3) is 5.36. The largest absolute Gasteiger partial charge is 0.465 e. The second-order valence-corrected chi connectivity index (χ2v) is 14.5. The molecule has 2 bridgehead atoms. The SMILES string of the molecule is C=CCCCCOC(=O)[C@H]1[C@H]2C(=O)N([C@@H](CO)[C@@H](C)CC)C(C(=O)N(CC=C)Cn3nnc4ccccc43)C23CC[C@]1(C)S3. The van der Waals surface area contributed by atoms with Gasteiger partial charge in [0.1, 0.15) is 18.2 Å². The number of aliphatic hydroxyl groups excluding tert-OH is 1. The molecule has 2 amide bonds. The van der Waals surface area contributed by atoms with E-state index in [1.54, 1.807) is 32.3 Å². The molecule has 1 N–H and O–H groups in total. The fraction of sp³-hybridized carbons (Fsp3) is 0.606. The van der Waals surface area contributed by atoms with E-state index in [-0.39, 0.29) is 50.1 Å². The maximum absolute atomic E-state index is 14.9. The summed E-state index contributed by atoms with van der Waals surface area (Å²) in [5.74, 6) is -2.29. The maximum atomic E-state index is 14.9. The number of likely N-dealkylation sites (tertiary alicyclic amines) is 1. The second-order valence-electron chi connectivity index (χ2n) is 12.6. The number of esters is 1. The molecule has 3 fully saturated rings. The zero-order valence-electron chi connectivity index (χ0n) is 26.1. The Morgan fingerprint density at radius 3 is 2.73 bits per heavy atom. The lowest BCUT2D eigenvalue weighted by atomic mass is 9.66. The highest BCUT2D eigenvalue weighted by molar-refractivity contribution is 8.02. The molecule has 238 valence electrons. The normalized spacial score (nSPS) is 28.6. The first kappa shape index (κ1) is 32.2. The van der Waals surface area contributed by atoms with Crippen molar-refractivity contribution in [3.8, 4) is 0 Å². The van der Waals surface area contributed by atoms with E-state index in [4.69, 9.17) is 4.74 Å². The number of carbonyl (C=O) groups excluding carboxylic acids is 3. The van der Waals surface area contributed by atoms with Crippen molar-refractivity contribution in [3.05, 3.63) is 49.6 Å². The Morgan fingerprint density at radius 1 is 1.25 bits per heavy atom. The number of thioether (sulfide) groups is 1. The lowest BCUT2D eigenvalue weighted by molar-refractivity contribution is -0.156. The van der Waals surface area contributed by atoms with Gasteiger partial charge in [0.25, 0.3) is 0 Å². The lowest BCUT2D eigenvalue weighted by Crippen LogP contribution is -2.58. The molecule has 3 aliphatic rings. The number of allylic oxidation sites excluding steroid dienone is 1. The molecule has 7 atom stereocenters. The van der Waals surface area contributed by atoms with Crippen LogP contribution in [0.2, 0.25) is 0 Å². The Kier molecular flexibility index (Phi) is 9.55. The van der Waals surface area contributed by atoms with Gasteiger partial charge in [-0.1, -0.05) is 49.8 Å². The summed E-state index contributed by atoms with van der Waals surface area (Å²) in [7, 11) is 0. The number of hydrogen-bond acceptors (Lipinski definition) is 8. The van der Waals surface area contributed by atoms with Crippen LogP contribution in [0.15, 0.2) is 49.6 Å². The Morgan fingerprint density at radius 2 is 2.02 bits per heavy atom. The van der Waals surface area contributed by atoms with Crippen molar-refractivity contribution in [2.24, 2.45) is 17.8 Å². The molecule has 0 radical (unpaired) electrons. The van der Waals surface area contributed by atoms with E-state index >= 15 is 0 Å². The minimum Gasteiger partial charge on any atom is -0.465 e.